The maximum absolute atomic E-state index is 12.5. The maximum atomic E-state index is 12.5. The van der Waals surface area contributed by atoms with Crippen LogP contribution in [0.2, 0.25) is 0 Å². The van der Waals surface area contributed by atoms with Gasteiger partial charge in [-0.3, -0.25) is 9.59 Å². The molecule has 3 heterocycles. The SMILES string of the molecule is CC(=O)c1cc2c(N)c(-c3nnc(C(=O)Nc4ccc(C)cc4)s3)sc2nc1C. The minimum absolute atomic E-state index is 0.0602. The van der Waals surface area contributed by atoms with E-state index in [2.05, 4.69) is 20.5 Å². The van der Waals surface area contributed by atoms with Gasteiger partial charge in [-0.05, 0) is 39.0 Å². The van der Waals surface area contributed by atoms with Crippen molar-refractivity contribution in [3.8, 4) is 9.88 Å². The zero-order valence-corrected chi connectivity index (χ0v) is 17.6. The number of rotatable bonds is 4. The topological polar surface area (TPSA) is 111 Å². The van der Waals surface area contributed by atoms with Crippen LogP contribution in [0.5, 0.6) is 0 Å². The van der Waals surface area contributed by atoms with Crippen LogP contribution < -0.4 is 11.1 Å². The molecule has 4 aromatic rings. The van der Waals surface area contributed by atoms with Crippen molar-refractivity contribution in [2.24, 2.45) is 0 Å². The van der Waals surface area contributed by atoms with Gasteiger partial charge in [0.25, 0.3) is 5.91 Å². The number of nitrogens with one attached hydrogen (secondary N) is 1. The van der Waals surface area contributed by atoms with Crippen LogP contribution in [0.15, 0.2) is 30.3 Å². The first-order chi connectivity index (χ1) is 13.8. The number of thiophene rings is 1. The van der Waals surface area contributed by atoms with Crippen molar-refractivity contribution in [1.29, 1.82) is 0 Å². The quantitative estimate of drug-likeness (QED) is 0.469. The molecule has 4 rings (SSSR count). The number of Topliss-reactive ketones (excluding diaryl/α,β-unsaturated/α-hetero) is 1. The fourth-order valence-corrected chi connectivity index (χ4v) is 4.82. The van der Waals surface area contributed by atoms with Crippen molar-refractivity contribution >= 4 is 56.0 Å². The molecule has 29 heavy (non-hydrogen) atoms. The number of fused-ring (bicyclic) bond motifs is 1. The van der Waals surface area contributed by atoms with Crippen LogP contribution in [-0.4, -0.2) is 26.9 Å². The normalized spacial score (nSPS) is 11.0. The number of carbonyl (C=O) groups excluding carboxylic acids is 2. The van der Waals surface area contributed by atoms with Crippen molar-refractivity contribution in [1.82, 2.24) is 15.2 Å². The molecular weight excluding hydrogens is 406 g/mol. The highest BCUT2D eigenvalue weighted by atomic mass is 32.1. The molecule has 0 atom stereocenters. The average Bonchev–Trinajstić information content (AvgIpc) is 3.28. The van der Waals surface area contributed by atoms with Crippen LogP contribution in [0.4, 0.5) is 11.4 Å². The van der Waals surface area contributed by atoms with Crippen LogP contribution in [0.1, 0.15) is 38.3 Å². The fraction of sp³-hybridized carbons (Fsp3) is 0.150. The summed E-state index contributed by atoms with van der Waals surface area (Å²) in [5, 5.41) is 12.5. The van der Waals surface area contributed by atoms with Crippen molar-refractivity contribution in [3.05, 3.63) is 52.2 Å². The highest BCUT2D eigenvalue weighted by molar-refractivity contribution is 7.26. The number of pyridine rings is 1. The number of aryl methyl sites for hydroxylation is 2. The Morgan fingerprint density at radius 3 is 2.48 bits per heavy atom. The minimum Gasteiger partial charge on any atom is -0.397 e. The fourth-order valence-electron chi connectivity index (χ4n) is 2.87. The number of nitrogens with two attached hydrogens (primary N) is 1. The second-order valence-electron chi connectivity index (χ2n) is 6.61. The van der Waals surface area contributed by atoms with E-state index >= 15 is 0 Å². The van der Waals surface area contributed by atoms with E-state index in [1.54, 1.807) is 13.0 Å². The number of aromatic nitrogens is 3. The first-order valence-electron chi connectivity index (χ1n) is 8.76. The zero-order chi connectivity index (χ0) is 20.7. The summed E-state index contributed by atoms with van der Waals surface area (Å²) in [5.41, 5.74) is 9.80. The second-order valence-corrected chi connectivity index (χ2v) is 8.58. The average molecular weight is 424 g/mol. The molecule has 1 amide bonds. The van der Waals surface area contributed by atoms with Gasteiger partial charge in [-0.2, -0.15) is 0 Å². The number of carbonyl (C=O) groups is 2. The summed E-state index contributed by atoms with van der Waals surface area (Å²) in [6.45, 7) is 5.28. The number of benzene rings is 1. The van der Waals surface area contributed by atoms with Gasteiger partial charge in [0.15, 0.2) is 10.8 Å². The number of anilines is 2. The molecule has 1 aromatic carbocycles. The number of ketones is 1. The van der Waals surface area contributed by atoms with Gasteiger partial charge in [-0.1, -0.05) is 29.0 Å². The highest BCUT2D eigenvalue weighted by Gasteiger charge is 2.20. The van der Waals surface area contributed by atoms with Crippen LogP contribution >= 0.6 is 22.7 Å². The van der Waals surface area contributed by atoms with E-state index in [-0.39, 0.29) is 16.7 Å². The zero-order valence-electron chi connectivity index (χ0n) is 15.9. The molecular formula is C20H17N5O2S2. The van der Waals surface area contributed by atoms with Gasteiger partial charge in [0, 0.05) is 22.3 Å². The van der Waals surface area contributed by atoms with Crippen molar-refractivity contribution in [2.45, 2.75) is 20.8 Å². The lowest BCUT2D eigenvalue weighted by atomic mass is 10.1. The van der Waals surface area contributed by atoms with Crippen LogP contribution in [-0.2, 0) is 0 Å². The molecule has 3 N–H and O–H groups in total. The van der Waals surface area contributed by atoms with E-state index in [1.807, 2.05) is 31.2 Å². The Balaban J connectivity index is 1.66. The van der Waals surface area contributed by atoms with Crippen molar-refractivity contribution in [2.75, 3.05) is 11.1 Å². The molecule has 3 aromatic heterocycles. The molecule has 0 aliphatic carbocycles. The van der Waals surface area contributed by atoms with Gasteiger partial charge < -0.3 is 11.1 Å². The number of amides is 1. The van der Waals surface area contributed by atoms with Gasteiger partial charge >= 0.3 is 0 Å². The summed E-state index contributed by atoms with van der Waals surface area (Å²) in [7, 11) is 0. The molecule has 0 radical (unpaired) electrons. The van der Waals surface area contributed by atoms with Gasteiger partial charge in [0.1, 0.15) is 4.83 Å². The predicted octanol–water partition coefficient (Wildman–Crippen LogP) is 4.47. The summed E-state index contributed by atoms with van der Waals surface area (Å²) < 4.78 is 0. The summed E-state index contributed by atoms with van der Waals surface area (Å²) in [5.74, 6) is -0.389. The Labute approximate surface area is 174 Å². The number of nitrogen functional groups attached to an aromatic ring is 1. The molecule has 7 nitrogen and oxygen atoms in total. The largest absolute Gasteiger partial charge is 0.397 e. The van der Waals surface area contributed by atoms with Gasteiger partial charge in [0.05, 0.1) is 10.6 Å². The Hall–Kier alpha value is -3.17. The maximum Gasteiger partial charge on any atom is 0.286 e. The standard InChI is InChI=1S/C20H17N5O2S2/c1-9-4-6-12(7-5-9)23-17(27)20-25-24-19(29-20)16-15(21)14-8-13(11(3)26)10(2)22-18(14)28-16/h4-8H,21H2,1-3H3,(H,23,27). The minimum atomic E-state index is -0.329. The number of hydrogen-bond donors (Lipinski definition) is 2. The second kappa shape index (κ2) is 7.34. The summed E-state index contributed by atoms with van der Waals surface area (Å²) in [4.78, 5) is 30.2. The predicted molar refractivity (Wildman–Crippen MR) is 117 cm³/mol. The van der Waals surface area contributed by atoms with E-state index in [0.29, 0.717) is 37.9 Å². The van der Waals surface area contributed by atoms with Crippen molar-refractivity contribution < 1.29 is 9.59 Å². The van der Waals surface area contributed by atoms with Gasteiger partial charge in [-0.25, -0.2) is 4.98 Å². The molecule has 146 valence electrons. The molecule has 0 unspecified atom stereocenters. The number of hydrogen-bond acceptors (Lipinski definition) is 8. The highest BCUT2D eigenvalue weighted by Crippen LogP contribution is 2.41. The Morgan fingerprint density at radius 2 is 1.79 bits per heavy atom. The summed E-state index contributed by atoms with van der Waals surface area (Å²) in [6, 6.07) is 9.27. The van der Waals surface area contributed by atoms with E-state index in [0.717, 1.165) is 21.7 Å². The molecule has 9 heteroatoms. The van der Waals surface area contributed by atoms with Gasteiger partial charge in [-0.15, -0.1) is 21.5 Å². The smallest absolute Gasteiger partial charge is 0.286 e. The monoisotopic (exact) mass is 423 g/mol. The van der Waals surface area contributed by atoms with E-state index in [9.17, 15) is 9.59 Å². The van der Waals surface area contributed by atoms with E-state index in [4.69, 9.17) is 5.73 Å². The molecule has 0 saturated heterocycles. The lowest BCUT2D eigenvalue weighted by molar-refractivity contribution is 0.101. The lowest BCUT2D eigenvalue weighted by Gasteiger charge is -2.02. The van der Waals surface area contributed by atoms with E-state index in [1.165, 1.54) is 18.3 Å². The third-order valence-electron chi connectivity index (χ3n) is 4.41. The molecule has 0 bridgehead atoms. The van der Waals surface area contributed by atoms with E-state index < -0.39 is 0 Å². The third kappa shape index (κ3) is 3.62. The summed E-state index contributed by atoms with van der Waals surface area (Å²) in [6.07, 6.45) is 0. The van der Waals surface area contributed by atoms with Crippen LogP contribution in [0.3, 0.4) is 0 Å². The lowest BCUT2D eigenvalue weighted by Crippen LogP contribution is -2.11. The number of nitrogens with zero attached hydrogens (tertiary/aromatic N) is 3. The van der Waals surface area contributed by atoms with Crippen LogP contribution in [0.25, 0.3) is 20.1 Å². The molecule has 0 saturated carbocycles. The Kier molecular flexibility index (Phi) is 4.85. The third-order valence-corrected chi connectivity index (χ3v) is 6.60. The van der Waals surface area contributed by atoms with Gasteiger partial charge in [0.2, 0.25) is 5.01 Å². The Bertz CT molecular complexity index is 1260. The first kappa shape index (κ1) is 19.2. The first-order valence-corrected chi connectivity index (χ1v) is 10.4. The van der Waals surface area contributed by atoms with Crippen molar-refractivity contribution in [3.63, 3.8) is 0 Å². The molecule has 0 spiro atoms. The molecule has 0 fully saturated rings. The molecule has 0 aliphatic rings. The van der Waals surface area contributed by atoms with Crippen LogP contribution in [0, 0.1) is 13.8 Å². The Morgan fingerprint density at radius 1 is 1.07 bits per heavy atom. The summed E-state index contributed by atoms with van der Waals surface area (Å²) >= 11 is 2.53. The molecule has 0 aliphatic heterocycles.